The van der Waals surface area contributed by atoms with Crippen molar-refractivity contribution in [3.63, 3.8) is 0 Å². The van der Waals surface area contributed by atoms with Crippen molar-refractivity contribution in [3.05, 3.63) is 0 Å². The van der Waals surface area contributed by atoms with Gasteiger partial charge in [-0.3, -0.25) is 4.21 Å². The van der Waals surface area contributed by atoms with Gasteiger partial charge in [0.25, 0.3) is 0 Å². The standard InChI is InChI=1S/C4H8O3S/c5-3-1-2-8(7)4(3)6/h3-6H,1-2H2. The average molecular weight is 136 g/mol. The Morgan fingerprint density at radius 2 is 2.12 bits per heavy atom. The fraction of sp³-hybridized carbons (Fsp3) is 1.00. The van der Waals surface area contributed by atoms with E-state index in [4.69, 9.17) is 10.2 Å². The Hall–Kier alpha value is 0.0700. The highest BCUT2D eigenvalue weighted by molar-refractivity contribution is 7.85. The van der Waals surface area contributed by atoms with Crippen LogP contribution in [0.2, 0.25) is 0 Å². The summed E-state index contributed by atoms with van der Waals surface area (Å²) in [7, 11) is -1.19. The molecule has 0 aromatic rings. The molecule has 1 saturated heterocycles. The number of hydrogen-bond acceptors (Lipinski definition) is 3. The first-order chi connectivity index (χ1) is 3.72. The van der Waals surface area contributed by atoms with E-state index in [1.165, 1.54) is 0 Å². The van der Waals surface area contributed by atoms with Gasteiger partial charge < -0.3 is 10.2 Å². The molecule has 3 unspecified atom stereocenters. The number of aliphatic hydroxyl groups is 2. The molecule has 1 aliphatic rings. The van der Waals surface area contributed by atoms with Crippen molar-refractivity contribution in [1.29, 1.82) is 0 Å². The third-order valence-electron chi connectivity index (χ3n) is 1.21. The summed E-state index contributed by atoms with van der Waals surface area (Å²) in [6, 6.07) is 0. The van der Waals surface area contributed by atoms with Gasteiger partial charge in [-0.2, -0.15) is 0 Å². The highest BCUT2D eigenvalue weighted by Gasteiger charge is 2.29. The predicted molar refractivity (Wildman–Crippen MR) is 29.6 cm³/mol. The van der Waals surface area contributed by atoms with Crippen molar-refractivity contribution in [1.82, 2.24) is 0 Å². The smallest absolute Gasteiger partial charge is 0.154 e. The summed E-state index contributed by atoms with van der Waals surface area (Å²) < 4.78 is 10.5. The molecule has 0 radical (unpaired) electrons. The number of aliphatic hydroxyl groups excluding tert-OH is 2. The fourth-order valence-corrected chi connectivity index (χ4v) is 1.88. The summed E-state index contributed by atoms with van der Waals surface area (Å²) in [6.45, 7) is 0. The molecule has 0 spiro atoms. The Morgan fingerprint density at radius 1 is 1.50 bits per heavy atom. The molecular formula is C4H8O3S. The SMILES string of the molecule is O=S1CCC(O)C1O. The van der Waals surface area contributed by atoms with E-state index >= 15 is 0 Å². The molecule has 2 N–H and O–H groups in total. The van der Waals surface area contributed by atoms with Crippen LogP contribution >= 0.6 is 0 Å². The van der Waals surface area contributed by atoms with Gasteiger partial charge in [-0.25, -0.2) is 0 Å². The van der Waals surface area contributed by atoms with Gasteiger partial charge in [0.15, 0.2) is 5.44 Å². The zero-order chi connectivity index (χ0) is 6.15. The van der Waals surface area contributed by atoms with Gasteiger partial charge >= 0.3 is 0 Å². The van der Waals surface area contributed by atoms with Crippen LogP contribution in [-0.4, -0.2) is 31.7 Å². The lowest BCUT2D eigenvalue weighted by atomic mass is 10.3. The lowest BCUT2D eigenvalue weighted by Crippen LogP contribution is -2.21. The van der Waals surface area contributed by atoms with E-state index in [1.807, 2.05) is 0 Å². The number of hydrogen-bond donors (Lipinski definition) is 2. The zero-order valence-electron chi connectivity index (χ0n) is 4.28. The Labute approximate surface area is 49.8 Å². The van der Waals surface area contributed by atoms with Crippen LogP contribution in [0.3, 0.4) is 0 Å². The molecule has 8 heavy (non-hydrogen) atoms. The second-order valence-electron chi connectivity index (χ2n) is 1.83. The molecule has 0 amide bonds. The van der Waals surface area contributed by atoms with E-state index in [-0.39, 0.29) is 0 Å². The van der Waals surface area contributed by atoms with Crippen LogP contribution in [0.1, 0.15) is 6.42 Å². The van der Waals surface area contributed by atoms with Crippen molar-refractivity contribution in [2.24, 2.45) is 0 Å². The molecule has 1 fully saturated rings. The van der Waals surface area contributed by atoms with E-state index in [2.05, 4.69) is 0 Å². The molecule has 1 aliphatic heterocycles. The second-order valence-corrected chi connectivity index (χ2v) is 3.48. The highest BCUT2D eigenvalue weighted by Crippen LogP contribution is 2.13. The van der Waals surface area contributed by atoms with Crippen LogP contribution in [0.5, 0.6) is 0 Å². The van der Waals surface area contributed by atoms with Gasteiger partial charge in [0.05, 0.1) is 16.9 Å². The van der Waals surface area contributed by atoms with Gasteiger partial charge in [-0.05, 0) is 6.42 Å². The highest BCUT2D eigenvalue weighted by atomic mass is 32.2. The Bertz CT molecular complexity index is 114. The molecule has 3 atom stereocenters. The Morgan fingerprint density at radius 3 is 2.25 bits per heavy atom. The molecular weight excluding hydrogens is 128 g/mol. The maximum absolute atomic E-state index is 10.5. The molecule has 1 rings (SSSR count). The monoisotopic (exact) mass is 136 g/mol. The maximum atomic E-state index is 10.5. The Kier molecular flexibility index (Phi) is 1.65. The first-order valence-corrected chi connectivity index (χ1v) is 3.83. The van der Waals surface area contributed by atoms with Crippen LogP contribution in [0, 0.1) is 0 Å². The van der Waals surface area contributed by atoms with Crippen molar-refractivity contribution in [3.8, 4) is 0 Å². The molecule has 0 bridgehead atoms. The molecule has 48 valence electrons. The largest absolute Gasteiger partial charge is 0.389 e. The third kappa shape index (κ3) is 0.913. The van der Waals surface area contributed by atoms with Crippen molar-refractivity contribution in [2.75, 3.05) is 5.75 Å². The van der Waals surface area contributed by atoms with Gasteiger partial charge in [-0.15, -0.1) is 0 Å². The maximum Gasteiger partial charge on any atom is 0.154 e. The summed E-state index contributed by atoms with van der Waals surface area (Å²) in [5.74, 6) is 0.433. The first kappa shape index (κ1) is 6.19. The van der Waals surface area contributed by atoms with Gasteiger partial charge in [-0.1, -0.05) is 0 Å². The zero-order valence-corrected chi connectivity index (χ0v) is 5.10. The number of rotatable bonds is 0. The van der Waals surface area contributed by atoms with E-state index in [1.54, 1.807) is 0 Å². The van der Waals surface area contributed by atoms with E-state index in [9.17, 15) is 4.21 Å². The van der Waals surface area contributed by atoms with Crippen molar-refractivity contribution in [2.45, 2.75) is 18.0 Å². The first-order valence-electron chi connectivity index (χ1n) is 2.45. The third-order valence-corrected chi connectivity index (χ3v) is 2.70. The normalized spacial score (nSPS) is 47.5. The molecule has 0 aromatic carbocycles. The summed E-state index contributed by atoms with van der Waals surface area (Å²) in [5.41, 5.74) is -0.991. The predicted octanol–water partition coefficient (Wildman–Crippen LogP) is -1.18. The summed E-state index contributed by atoms with van der Waals surface area (Å²) >= 11 is 0. The van der Waals surface area contributed by atoms with Crippen LogP contribution in [0.25, 0.3) is 0 Å². The molecule has 1 heterocycles. The summed E-state index contributed by atoms with van der Waals surface area (Å²) in [6.07, 6.45) is -0.288. The lowest BCUT2D eigenvalue weighted by Gasteiger charge is -2.02. The summed E-state index contributed by atoms with van der Waals surface area (Å²) in [5, 5.41) is 17.4. The fourth-order valence-electron chi connectivity index (χ4n) is 0.675. The van der Waals surface area contributed by atoms with Crippen molar-refractivity contribution >= 4 is 10.8 Å². The van der Waals surface area contributed by atoms with E-state index < -0.39 is 22.3 Å². The van der Waals surface area contributed by atoms with Gasteiger partial charge in [0.1, 0.15) is 0 Å². The molecule has 4 heteroatoms. The van der Waals surface area contributed by atoms with Crippen LogP contribution < -0.4 is 0 Å². The molecule has 0 aromatic heterocycles. The molecule has 0 saturated carbocycles. The topological polar surface area (TPSA) is 57.5 Å². The van der Waals surface area contributed by atoms with E-state index in [0.29, 0.717) is 12.2 Å². The van der Waals surface area contributed by atoms with Gasteiger partial charge in [0, 0.05) is 5.75 Å². The molecule has 0 aliphatic carbocycles. The molecule has 3 nitrogen and oxygen atoms in total. The van der Waals surface area contributed by atoms with Gasteiger partial charge in [0.2, 0.25) is 0 Å². The minimum Gasteiger partial charge on any atom is -0.389 e. The van der Waals surface area contributed by atoms with Crippen molar-refractivity contribution < 1.29 is 14.4 Å². The quantitative estimate of drug-likeness (QED) is 0.440. The van der Waals surface area contributed by atoms with Crippen LogP contribution in [-0.2, 0) is 10.8 Å². The average Bonchev–Trinajstić information content (AvgIpc) is 1.98. The minimum atomic E-state index is -1.19. The van der Waals surface area contributed by atoms with E-state index in [0.717, 1.165) is 0 Å². The Balaban J connectivity index is 2.56. The minimum absolute atomic E-state index is 0.433. The van der Waals surface area contributed by atoms with Crippen LogP contribution in [0.4, 0.5) is 0 Å². The lowest BCUT2D eigenvalue weighted by molar-refractivity contribution is 0.0785. The summed E-state index contributed by atoms with van der Waals surface area (Å²) in [4.78, 5) is 0. The van der Waals surface area contributed by atoms with Crippen LogP contribution in [0.15, 0.2) is 0 Å². The second kappa shape index (κ2) is 2.13.